The molecule has 2 rings (SSSR count). The van der Waals surface area contributed by atoms with Crippen LogP contribution in [0.5, 0.6) is 17.2 Å². The molecule has 6 heteroatoms. The number of hydrazone groups is 1. The first kappa shape index (κ1) is 17.3. The number of nitrogens with zero attached hydrogens (tertiary/aromatic N) is 1. The molecule has 0 bridgehead atoms. The second kappa shape index (κ2) is 8.01. The minimum Gasteiger partial charge on any atom is -0.496 e. The summed E-state index contributed by atoms with van der Waals surface area (Å²) < 4.78 is 15.8. The van der Waals surface area contributed by atoms with Crippen LogP contribution >= 0.6 is 0 Å². The van der Waals surface area contributed by atoms with Crippen LogP contribution in [0.4, 0.5) is 0 Å². The Bertz CT molecular complexity index is 757. The molecule has 0 aliphatic heterocycles. The lowest BCUT2D eigenvalue weighted by atomic mass is 10.1. The van der Waals surface area contributed by atoms with Crippen LogP contribution in [-0.4, -0.2) is 33.5 Å². The van der Waals surface area contributed by atoms with Gasteiger partial charge in [0.25, 0.3) is 5.91 Å². The number of hydrogen-bond acceptors (Lipinski definition) is 5. The molecule has 0 aromatic heterocycles. The molecule has 2 aromatic rings. The lowest BCUT2D eigenvalue weighted by Gasteiger charge is -2.11. The van der Waals surface area contributed by atoms with Crippen LogP contribution in [-0.2, 0) is 0 Å². The summed E-state index contributed by atoms with van der Waals surface area (Å²) in [7, 11) is 4.64. The standard InChI is InChI=1S/C18H20N2O4/c1-12-7-5-6-8-14(12)18(21)20-19-11-13-9-16(23-3)17(24-4)10-15(13)22-2/h5-11H,1-4H3,(H,20,21)/b19-11-. The Kier molecular flexibility index (Phi) is 5.78. The fraction of sp³-hybridized carbons (Fsp3) is 0.222. The molecule has 0 fully saturated rings. The fourth-order valence-corrected chi connectivity index (χ4v) is 2.20. The summed E-state index contributed by atoms with van der Waals surface area (Å²) >= 11 is 0. The van der Waals surface area contributed by atoms with Gasteiger partial charge in [0.2, 0.25) is 0 Å². The first-order valence-electron chi connectivity index (χ1n) is 7.29. The van der Waals surface area contributed by atoms with E-state index in [1.807, 2.05) is 25.1 Å². The number of carbonyl (C=O) groups excluding carboxylic acids is 1. The highest BCUT2D eigenvalue weighted by molar-refractivity contribution is 5.96. The van der Waals surface area contributed by atoms with Gasteiger partial charge in [-0.25, -0.2) is 5.43 Å². The minimum atomic E-state index is -0.274. The summed E-state index contributed by atoms with van der Waals surface area (Å²) in [5, 5.41) is 4.00. The third-order valence-corrected chi connectivity index (χ3v) is 3.50. The molecule has 0 heterocycles. The SMILES string of the molecule is COc1cc(OC)c(OC)cc1/C=N\NC(=O)c1ccccc1C. The first-order valence-corrected chi connectivity index (χ1v) is 7.29. The molecule has 0 radical (unpaired) electrons. The lowest BCUT2D eigenvalue weighted by Crippen LogP contribution is -2.18. The third kappa shape index (κ3) is 3.84. The van der Waals surface area contributed by atoms with Crippen molar-refractivity contribution in [3.05, 3.63) is 53.1 Å². The van der Waals surface area contributed by atoms with Crippen molar-refractivity contribution >= 4 is 12.1 Å². The van der Waals surface area contributed by atoms with Gasteiger partial charge in [-0.15, -0.1) is 0 Å². The summed E-state index contributed by atoms with van der Waals surface area (Å²) in [6, 6.07) is 10.7. The number of aryl methyl sites for hydroxylation is 1. The van der Waals surface area contributed by atoms with Gasteiger partial charge >= 0.3 is 0 Å². The quantitative estimate of drug-likeness (QED) is 0.654. The molecule has 2 aromatic carbocycles. The monoisotopic (exact) mass is 328 g/mol. The Balaban J connectivity index is 2.19. The maximum Gasteiger partial charge on any atom is 0.271 e. The molecule has 0 saturated carbocycles. The number of carbonyl (C=O) groups is 1. The highest BCUT2D eigenvalue weighted by Crippen LogP contribution is 2.33. The van der Waals surface area contributed by atoms with Gasteiger partial charge in [-0.2, -0.15) is 5.10 Å². The minimum absolute atomic E-state index is 0.274. The largest absolute Gasteiger partial charge is 0.496 e. The highest BCUT2D eigenvalue weighted by Gasteiger charge is 2.11. The summed E-state index contributed by atoms with van der Waals surface area (Å²) in [5.41, 5.74) is 4.62. The van der Waals surface area contributed by atoms with E-state index in [1.54, 1.807) is 39.5 Å². The van der Waals surface area contributed by atoms with Crippen molar-refractivity contribution in [3.63, 3.8) is 0 Å². The van der Waals surface area contributed by atoms with Gasteiger partial charge in [0.05, 0.1) is 27.5 Å². The first-order chi connectivity index (χ1) is 11.6. The summed E-state index contributed by atoms with van der Waals surface area (Å²) in [4.78, 5) is 12.1. The third-order valence-electron chi connectivity index (χ3n) is 3.50. The Morgan fingerprint density at radius 3 is 2.25 bits per heavy atom. The van der Waals surface area contributed by atoms with Gasteiger partial charge in [0.1, 0.15) is 5.75 Å². The second-order valence-electron chi connectivity index (χ2n) is 4.96. The number of rotatable bonds is 6. The van der Waals surface area contributed by atoms with Crippen molar-refractivity contribution in [2.45, 2.75) is 6.92 Å². The number of ether oxygens (including phenoxy) is 3. The molecule has 1 N–H and O–H groups in total. The summed E-state index contributed by atoms with van der Waals surface area (Å²) in [6.07, 6.45) is 1.50. The van der Waals surface area contributed by atoms with E-state index in [0.717, 1.165) is 5.56 Å². The maximum atomic E-state index is 12.1. The zero-order valence-corrected chi connectivity index (χ0v) is 14.1. The van der Waals surface area contributed by atoms with E-state index >= 15 is 0 Å². The smallest absolute Gasteiger partial charge is 0.271 e. The van der Waals surface area contributed by atoms with Crippen LogP contribution in [0.3, 0.4) is 0 Å². The number of hydrogen-bond donors (Lipinski definition) is 1. The molecule has 126 valence electrons. The highest BCUT2D eigenvalue weighted by atomic mass is 16.5. The van der Waals surface area contributed by atoms with E-state index in [0.29, 0.717) is 28.4 Å². The van der Waals surface area contributed by atoms with Gasteiger partial charge in [-0.3, -0.25) is 4.79 Å². The van der Waals surface area contributed by atoms with E-state index in [9.17, 15) is 4.79 Å². The molecule has 0 unspecified atom stereocenters. The summed E-state index contributed by atoms with van der Waals surface area (Å²) in [5.74, 6) is 1.38. The number of methoxy groups -OCH3 is 3. The zero-order chi connectivity index (χ0) is 17.5. The zero-order valence-electron chi connectivity index (χ0n) is 14.1. The van der Waals surface area contributed by atoms with Crippen molar-refractivity contribution in [1.29, 1.82) is 0 Å². The van der Waals surface area contributed by atoms with Crippen LogP contribution in [0.2, 0.25) is 0 Å². The van der Waals surface area contributed by atoms with Gasteiger partial charge in [0, 0.05) is 17.2 Å². The van der Waals surface area contributed by atoms with E-state index < -0.39 is 0 Å². The van der Waals surface area contributed by atoms with Crippen molar-refractivity contribution < 1.29 is 19.0 Å². The molecule has 6 nitrogen and oxygen atoms in total. The van der Waals surface area contributed by atoms with E-state index in [-0.39, 0.29) is 5.91 Å². The Morgan fingerprint density at radius 1 is 1.00 bits per heavy atom. The van der Waals surface area contributed by atoms with Crippen LogP contribution in [0.1, 0.15) is 21.5 Å². The fourth-order valence-electron chi connectivity index (χ4n) is 2.20. The van der Waals surface area contributed by atoms with E-state index in [1.165, 1.54) is 6.21 Å². The Labute approximate surface area is 141 Å². The maximum absolute atomic E-state index is 12.1. The molecule has 0 atom stereocenters. The topological polar surface area (TPSA) is 69.2 Å². The molecular weight excluding hydrogens is 308 g/mol. The van der Waals surface area contributed by atoms with E-state index in [2.05, 4.69) is 10.5 Å². The molecule has 24 heavy (non-hydrogen) atoms. The van der Waals surface area contributed by atoms with Crippen molar-refractivity contribution in [2.75, 3.05) is 21.3 Å². The molecular formula is C18H20N2O4. The number of nitrogens with one attached hydrogen (secondary N) is 1. The Hall–Kier alpha value is -3.02. The number of benzene rings is 2. The predicted octanol–water partition coefficient (Wildman–Crippen LogP) is 2.78. The van der Waals surface area contributed by atoms with Crippen LogP contribution < -0.4 is 19.6 Å². The average molecular weight is 328 g/mol. The predicted molar refractivity (Wildman–Crippen MR) is 92.3 cm³/mol. The Morgan fingerprint density at radius 2 is 1.62 bits per heavy atom. The van der Waals surface area contributed by atoms with Crippen LogP contribution in [0, 0.1) is 6.92 Å². The number of amides is 1. The van der Waals surface area contributed by atoms with Crippen LogP contribution in [0.15, 0.2) is 41.5 Å². The van der Waals surface area contributed by atoms with Gasteiger partial charge in [-0.05, 0) is 24.6 Å². The molecule has 0 aliphatic carbocycles. The van der Waals surface area contributed by atoms with Crippen molar-refractivity contribution in [3.8, 4) is 17.2 Å². The lowest BCUT2D eigenvalue weighted by molar-refractivity contribution is 0.0954. The average Bonchev–Trinajstić information content (AvgIpc) is 2.61. The van der Waals surface area contributed by atoms with Crippen molar-refractivity contribution in [1.82, 2.24) is 5.43 Å². The summed E-state index contributed by atoms with van der Waals surface area (Å²) in [6.45, 7) is 1.87. The molecule has 0 saturated heterocycles. The molecule has 0 spiro atoms. The second-order valence-corrected chi connectivity index (χ2v) is 4.96. The van der Waals surface area contributed by atoms with Gasteiger partial charge < -0.3 is 14.2 Å². The van der Waals surface area contributed by atoms with Crippen molar-refractivity contribution in [2.24, 2.45) is 5.10 Å². The molecule has 0 aliphatic rings. The van der Waals surface area contributed by atoms with Crippen LogP contribution in [0.25, 0.3) is 0 Å². The van der Waals surface area contributed by atoms with Gasteiger partial charge in [-0.1, -0.05) is 18.2 Å². The normalized spacial score (nSPS) is 10.5. The molecule has 1 amide bonds. The van der Waals surface area contributed by atoms with Gasteiger partial charge in [0.15, 0.2) is 11.5 Å². The van der Waals surface area contributed by atoms with E-state index in [4.69, 9.17) is 14.2 Å².